The summed E-state index contributed by atoms with van der Waals surface area (Å²) in [5, 5.41) is 4.54. The minimum absolute atomic E-state index is 0.374. The lowest BCUT2D eigenvalue weighted by Gasteiger charge is -2.39. The number of likely N-dealkylation sites (tertiary alicyclic amines) is 1. The van der Waals surface area contributed by atoms with Crippen LogP contribution in [-0.4, -0.2) is 33.7 Å². The molecule has 2 N–H and O–H groups in total. The van der Waals surface area contributed by atoms with Gasteiger partial charge in [0.05, 0.1) is 11.7 Å². The van der Waals surface area contributed by atoms with Crippen LogP contribution in [0.2, 0.25) is 0 Å². The molecule has 0 saturated carbocycles. The first kappa shape index (κ1) is 13.8. The van der Waals surface area contributed by atoms with Gasteiger partial charge in [0.1, 0.15) is 0 Å². The molecule has 1 aromatic heterocycles. The van der Waals surface area contributed by atoms with Crippen LogP contribution in [0.3, 0.4) is 0 Å². The fourth-order valence-corrected chi connectivity index (χ4v) is 2.92. The van der Waals surface area contributed by atoms with Gasteiger partial charge in [-0.3, -0.25) is 14.4 Å². The largest absolute Gasteiger partial charge is 0.366 e. The number of benzene rings is 1. The highest BCUT2D eigenvalue weighted by Gasteiger charge is 2.29. The Hall–Kier alpha value is -2.14. The molecule has 21 heavy (non-hydrogen) atoms. The third-order valence-corrected chi connectivity index (χ3v) is 3.95. The molecule has 0 aliphatic carbocycles. The third kappa shape index (κ3) is 2.83. The predicted molar refractivity (Wildman–Crippen MR) is 81.0 cm³/mol. The number of rotatable bonds is 4. The standard InChI is InChI=1S/C16H20N4O/c1-11-6-12(2)20(18-11)15-9-19(10-15)8-13-4-3-5-14(7-13)16(17)21/h3-7,15H,8-10H2,1-2H3,(H2,17,21). The lowest BCUT2D eigenvalue weighted by Crippen LogP contribution is -2.47. The van der Waals surface area contributed by atoms with E-state index >= 15 is 0 Å². The Bertz CT molecular complexity index is 671. The van der Waals surface area contributed by atoms with E-state index in [0.29, 0.717) is 11.6 Å². The van der Waals surface area contributed by atoms with Crippen molar-refractivity contribution in [1.29, 1.82) is 0 Å². The van der Waals surface area contributed by atoms with Crippen molar-refractivity contribution in [2.24, 2.45) is 5.73 Å². The van der Waals surface area contributed by atoms with Crippen molar-refractivity contribution in [1.82, 2.24) is 14.7 Å². The smallest absolute Gasteiger partial charge is 0.248 e. The van der Waals surface area contributed by atoms with Crippen molar-refractivity contribution in [2.75, 3.05) is 13.1 Å². The first-order valence-electron chi connectivity index (χ1n) is 7.17. The van der Waals surface area contributed by atoms with Gasteiger partial charge in [0.2, 0.25) is 5.91 Å². The average Bonchev–Trinajstić information content (AvgIpc) is 2.72. The molecule has 0 spiro atoms. The van der Waals surface area contributed by atoms with Gasteiger partial charge in [-0.05, 0) is 37.6 Å². The van der Waals surface area contributed by atoms with E-state index in [1.165, 1.54) is 5.69 Å². The molecule has 3 rings (SSSR count). The second-order valence-corrected chi connectivity index (χ2v) is 5.78. The molecular formula is C16H20N4O. The molecule has 0 bridgehead atoms. The Balaban J connectivity index is 1.61. The quantitative estimate of drug-likeness (QED) is 0.928. The van der Waals surface area contributed by atoms with Crippen molar-refractivity contribution in [3.8, 4) is 0 Å². The summed E-state index contributed by atoms with van der Waals surface area (Å²) in [5.41, 5.74) is 9.29. The Kier molecular flexibility index (Phi) is 3.51. The molecule has 1 aliphatic rings. The summed E-state index contributed by atoms with van der Waals surface area (Å²) in [6, 6.07) is 10.1. The van der Waals surface area contributed by atoms with Gasteiger partial charge >= 0.3 is 0 Å². The Morgan fingerprint density at radius 2 is 2.10 bits per heavy atom. The van der Waals surface area contributed by atoms with Gasteiger partial charge in [0.15, 0.2) is 0 Å². The summed E-state index contributed by atoms with van der Waals surface area (Å²) >= 11 is 0. The first-order valence-corrected chi connectivity index (χ1v) is 7.17. The molecule has 1 aliphatic heterocycles. The van der Waals surface area contributed by atoms with Crippen molar-refractivity contribution >= 4 is 5.91 Å². The Morgan fingerprint density at radius 1 is 1.33 bits per heavy atom. The average molecular weight is 284 g/mol. The summed E-state index contributed by atoms with van der Waals surface area (Å²) in [5.74, 6) is -0.374. The normalized spacial score (nSPS) is 15.9. The number of primary amides is 1. The number of amides is 1. The van der Waals surface area contributed by atoms with Gasteiger partial charge in [0, 0.05) is 30.9 Å². The summed E-state index contributed by atoms with van der Waals surface area (Å²) in [6.45, 7) is 6.94. The monoisotopic (exact) mass is 284 g/mol. The maximum Gasteiger partial charge on any atom is 0.248 e. The number of nitrogens with two attached hydrogens (primary N) is 1. The van der Waals surface area contributed by atoms with Crippen LogP contribution >= 0.6 is 0 Å². The van der Waals surface area contributed by atoms with Crippen LogP contribution in [0.5, 0.6) is 0 Å². The molecule has 1 aromatic carbocycles. The second-order valence-electron chi connectivity index (χ2n) is 5.78. The molecule has 0 atom stereocenters. The molecule has 110 valence electrons. The molecule has 2 heterocycles. The van der Waals surface area contributed by atoms with Crippen molar-refractivity contribution in [3.05, 3.63) is 52.8 Å². The van der Waals surface area contributed by atoms with E-state index in [4.69, 9.17) is 5.73 Å². The highest BCUT2D eigenvalue weighted by Crippen LogP contribution is 2.24. The van der Waals surface area contributed by atoms with E-state index in [1.54, 1.807) is 6.07 Å². The summed E-state index contributed by atoms with van der Waals surface area (Å²) in [4.78, 5) is 13.5. The number of carbonyl (C=O) groups excluding carboxylic acids is 1. The molecule has 0 unspecified atom stereocenters. The minimum Gasteiger partial charge on any atom is -0.366 e. The zero-order chi connectivity index (χ0) is 15.0. The third-order valence-electron chi connectivity index (χ3n) is 3.95. The predicted octanol–water partition coefficient (Wildman–Crippen LogP) is 1.66. The van der Waals surface area contributed by atoms with Gasteiger partial charge in [-0.2, -0.15) is 5.10 Å². The summed E-state index contributed by atoms with van der Waals surface area (Å²) in [6.07, 6.45) is 0. The van der Waals surface area contributed by atoms with Gasteiger partial charge in [-0.15, -0.1) is 0 Å². The number of nitrogens with zero attached hydrogens (tertiary/aromatic N) is 3. The summed E-state index contributed by atoms with van der Waals surface area (Å²) in [7, 11) is 0. The Morgan fingerprint density at radius 3 is 2.71 bits per heavy atom. The van der Waals surface area contributed by atoms with Gasteiger partial charge in [0.25, 0.3) is 0 Å². The van der Waals surface area contributed by atoms with Crippen LogP contribution in [0.1, 0.15) is 33.4 Å². The van der Waals surface area contributed by atoms with Crippen LogP contribution in [0, 0.1) is 13.8 Å². The highest BCUT2D eigenvalue weighted by molar-refractivity contribution is 5.92. The number of hydrogen-bond acceptors (Lipinski definition) is 3. The van der Waals surface area contributed by atoms with E-state index in [1.807, 2.05) is 25.1 Å². The number of aryl methyl sites for hydroxylation is 2. The number of aromatic nitrogens is 2. The molecule has 0 radical (unpaired) electrons. The number of carbonyl (C=O) groups is 1. The lowest BCUT2D eigenvalue weighted by atomic mass is 10.1. The second kappa shape index (κ2) is 5.33. The van der Waals surface area contributed by atoms with Crippen LogP contribution in [0.4, 0.5) is 0 Å². The zero-order valence-electron chi connectivity index (χ0n) is 12.4. The molecule has 1 saturated heterocycles. The lowest BCUT2D eigenvalue weighted by molar-refractivity contribution is 0.0892. The van der Waals surface area contributed by atoms with Crippen molar-refractivity contribution in [3.63, 3.8) is 0 Å². The van der Waals surface area contributed by atoms with Gasteiger partial charge in [-0.25, -0.2) is 0 Å². The van der Waals surface area contributed by atoms with E-state index in [2.05, 4.69) is 27.7 Å². The molecule has 5 nitrogen and oxygen atoms in total. The first-order chi connectivity index (χ1) is 10.0. The molecule has 2 aromatic rings. The van der Waals surface area contributed by atoms with Gasteiger partial charge < -0.3 is 5.73 Å². The molecule has 5 heteroatoms. The van der Waals surface area contributed by atoms with E-state index in [-0.39, 0.29) is 5.91 Å². The van der Waals surface area contributed by atoms with E-state index in [0.717, 1.165) is 30.9 Å². The zero-order valence-corrected chi connectivity index (χ0v) is 12.4. The van der Waals surface area contributed by atoms with E-state index < -0.39 is 0 Å². The highest BCUT2D eigenvalue weighted by atomic mass is 16.1. The summed E-state index contributed by atoms with van der Waals surface area (Å²) < 4.78 is 2.12. The molecular weight excluding hydrogens is 264 g/mol. The fraction of sp³-hybridized carbons (Fsp3) is 0.375. The van der Waals surface area contributed by atoms with Crippen LogP contribution in [-0.2, 0) is 6.54 Å². The minimum atomic E-state index is -0.374. The maximum absolute atomic E-state index is 11.2. The van der Waals surface area contributed by atoms with Crippen LogP contribution in [0.15, 0.2) is 30.3 Å². The fourth-order valence-electron chi connectivity index (χ4n) is 2.92. The van der Waals surface area contributed by atoms with E-state index in [9.17, 15) is 4.79 Å². The number of hydrogen-bond donors (Lipinski definition) is 1. The maximum atomic E-state index is 11.2. The van der Waals surface area contributed by atoms with Crippen molar-refractivity contribution < 1.29 is 4.79 Å². The molecule has 1 fully saturated rings. The SMILES string of the molecule is Cc1cc(C)n(C2CN(Cc3cccc(C(N)=O)c3)C2)n1. The Labute approximate surface area is 124 Å². The van der Waals surface area contributed by atoms with Gasteiger partial charge in [-0.1, -0.05) is 12.1 Å². The van der Waals surface area contributed by atoms with Crippen LogP contribution in [0.25, 0.3) is 0 Å². The molecule has 1 amide bonds. The topological polar surface area (TPSA) is 64.2 Å². The van der Waals surface area contributed by atoms with Crippen molar-refractivity contribution in [2.45, 2.75) is 26.4 Å². The van der Waals surface area contributed by atoms with Crippen LogP contribution < -0.4 is 5.73 Å².